The summed E-state index contributed by atoms with van der Waals surface area (Å²) < 4.78 is 26.7. The van der Waals surface area contributed by atoms with E-state index in [0.29, 0.717) is 25.9 Å². The standard InChI is InChI=1S/C12H17N5O2S/c13-8-10-3-1-4-11(7-10)20(18,19)16-6-2-5-12-14-9-15-17-12/h1,3-4,7,9,16H,2,5-6,8,13H2,(H,14,15,17). The topological polar surface area (TPSA) is 114 Å². The largest absolute Gasteiger partial charge is 0.326 e. The molecule has 2 rings (SSSR count). The van der Waals surface area contributed by atoms with Crippen molar-refractivity contribution in [1.29, 1.82) is 0 Å². The SMILES string of the molecule is NCc1cccc(S(=O)(=O)NCCCc2ncn[nH]2)c1. The van der Waals surface area contributed by atoms with E-state index in [1.54, 1.807) is 24.3 Å². The van der Waals surface area contributed by atoms with Gasteiger partial charge >= 0.3 is 0 Å². The Bertz CT molecular complexity index is 640. The van der Waals surface area contributed by atoms with Crippen molar-refractivity contribution in [3.05, 3.63) is 42.0 Å². The van der Waals surface area contributed by atoms with Gasteiger partial charge in [-0.2, -0.15) is 5.10 Å². The van der Waals surface area contributed by atoms with E-state index in [-0.39, 0.29) is 4.90 Å². The summed E-state index contributed by atoms with van der Waals surface area (Å²) in [5.74, 6) is 0.745. The van der Waals surface area contributed by atoms with Crippen LogP contribution in [0.1, 0.15) is 17.8 Å². The van der Waals surface area contributed by atoms with Crippen LogP contribution in [0.4, 0.5) is 0 Å². The van der Waals surface area contributed by atoms with Gasteiger partial charge in [-0.3, -0.25) is 5.10 Å². The first-order valence-electron chi connectivity index (χ1n) is 6.25. The summed E-state index contributed by atoms with van der Waals surface area (Å²) in [5.41, 5.74) is 6.29. The minimum Gasteiger partial charge on any atom is -0.326 e. The number of aryl methyl sites for hydroxylation is 1. The van der Waals surface area contributed by atoms with Crippen LogP contribution in [0.15, 0.2) is 35.5 Å². The fourth-order valence-electron chi connectivity index (χ4n) is 1.74. The molecule has 8 heteroatoms. The number of sulfonamides is 1. The van der Waals surface area contributed by atoms with Crippen molar-refractivity contribution in [2.75, 3.05) is 6.54 Å². The number of nitrogens with two attached hydrogens (primary N) is 1. The summed E-state index contributed by atoms with van der Waals surface area (Å²) in [5, 5.41) is 6.46. The second kappa shape index (κ2) is 6.60. The molecule has 2 aromatic rings. The van der Waals surface area contributed by atoms with Crippen LogP contribution < -0.4 is 10.5 Å². The molecule has 0 bridgehead atoms. The zero-order valence-electron chi connectivity index (χ0n) is 10.9. The number of rotatable bonds is 7. The minimum atomic E-state index is -3.49. The summed E-state index contributed by atoms with van der Waals surface area (Å²) in [6, 6.07) is 6.62. The lowest BCUT2D eigenvalue weighted by atomic mass is 10.2. The number of nitrogens with zero attached hydrogens (tertiary/aromatic N) is 2. The Hall–Kier alpha value is -1.77. The van der Waals surface area contributed by atoms with Gasteiger partial charge in [0, 0.05) is 19.5 Å². The number of H-pyrrole nitrogens is 1. The van der Waals surface area contributed by atoms with Crippen molar-refractivity contribution < 1.29 is 8.42 Å². The Morgan fingerprint density at radius 2 is 2.20 bits per heavy atom. The van der Waals surface area contributed by atoms with E-state index in [0.717, 1.165) is 11.4 Å². The Morgan fingerprint density at radius 3 is 2.90 bits per heavy atom. The molecule has 0 fully saturated rings. The first-order chi connectivity index (χ1) is 9.62. The summed E-state index contributed by atoms with van der Waals surface area (Å²) in [6.45, 7) is 0.657. The molecule has 0 saturated heterocycles. The monoisotopic (exact) mass is 295 g/mol. The fraction of sp³-hybridized carbons (Fsp3) is 0.333. The molecule has 0 unspecified atom stereocenters. The van der Waals surface area contributed by atoms with E-state index < -0.39 is 10.0 Å². The first-order valence-corrected chi connectivity index (χ1v) is 7.73. The number of aromatic nitrogens is 3. The van der Waals surface area contributed by atoms with Crippen molar-refractivity contribution >= 4 is 10.0 Å². The lowest BCUT2D eigenvalue weighted by Gasteiger charge is -2.07. The second-order valence-corrected chi connectivity index (χ2v) is 6.05. The third-order valence-electron chi connectivity index (χ3n) is 2.79. The highest BCUT2D eigenvalue weighted by atomic mass is 32.2. The smallest absolute Gasteiger partial charge is 0.240 e. The van der Waals surface area contributed by atoms with Crippen molar-refractivity contribution in [1.82, 2.24) is 19.9 Å². The molecule has 0 aliphatic rings. The maximum absolute atomic E-state index is 12.1. The van der Waals surface area contributed by atoms with E-state index >= 15 is 0 Å². The van der Waals surface area contributed by atoms with Gasteiger partial charge in [-0.25, -0.2) is 18.1 Å². The number of benzene rings is 1. The molecule has 0 amide bonds. The molecule has 108 valence electrons. The molecule has 4 N–H and O–H groups in total. The molecule has 0 atom stereocenters. The molecule has 1 aromatic carbocycles. The Morgan fingerprint density at radius 1 is 1.35 bits per heavy atom. The molecular weight excluding hydrogens is 278 g/mol. The molecule has 7 nitrogen and oxygen atoms in total. The average molecular weight is 295 g/mol. The highest BCUT2D eigenvalue weighted by molar-refractivity contribution is 7.89. The normalized spacial score (nSPS) is 11.7. The van der Waals surface area contributed by atoms with Crippen molar-refractivity contribution in [3.8, 4) is 0 Å². The fourth-order valence-corrected chi connectivity index (χ4v) is 2.88. The Balaban J connectivity index is 1.90. The van der Waals surface area contributed by atoms with E-state index in [1.807, 2.05) is 0 Å². The van der Waals surface area contributed by atoms with Crippen LogP contribution in [0, 0.1) is 0 Å². The van der Waals surface area contributed by atoms with Gasteiger partial charge < -0.3 is 5.73 Å². The number of hydrogen-bond acceptors (Lipinski definition) is 5. The third-order valence-corrected chi connectivity index (χ3v) is 4.25. The van der Waals surface area contributed by atoms with Gasteiger partial charge in [-0.1, -0.05) is 12.1 Å². The molecule has 0 spiro atoms. The predicted molar refractivity (Wildman–Crippen MR) is 74.2 cm³/mol. The van der Waals surface area contributed by atoms with E-state index in [2.05, 4.69) is 19.9 Å². The van der Waals surface area contributed by atoms with Crippen molar-refractivity contribution in [2.24, 2.45) is 5.73 Å². The van der Waals surface area contributed by atoms with Crippen LogP contribution in [0.25, 0.3) is 0 Å². The summed E-state index contributed by atoms with van der Waals surface area (Å²) in [7, 11) is -3.49. The van der Waals surface area contributed by atoms with E-state index in [4.69, 9.17) is 5.73 Å². The third kappa shape index (κ3) is 3.86. The van der Waals surface area contributed by atoms with Crippen molar-refractivity contribution in [3.63, 3.8) is 0 Å². The predicted octanol–water partition coefficient (Wildman–Crippen LogP) is 0.174. The zero-order chi connectivity index (χ0) is 14.4. The molecule has 0 saturated carbocycles. The van der Waals surface area contributed by atoms with Gasteiger partial charge in [0.1, 0.15) is 12.2 Å². The Labute approximate surface area is 117 Å². The summed E-state index contributed by atoms with van der Waals surface area (Å²) in [4.78, 5) is 4.21. The minimum absolute atomic E-state index is 0.236. The van der Waals surface area contributed by atoms with Crippen LogP contribution >= 0.6 is 0 Å². The van der Waals surface area contributed by atoms with Crippen LogP contribution in [-0.2, 0) is 23.0 Å². The average Bonchev–Trinajstić information content (AvgIpc) is 2.97. The lowest BCUT2D eigenvalue weighted by Crippen LogP contribution is -2.25. The van der Waals surface area contributed by atoms with Gasteiger partial charge in [0.2, 0.25) is 10.0 Å². The molecule has 20 heavy (non-hydrogen) atoms. The maximum Gasteiger partial charge on any atom is 0.240 e. The molecule has 0 radical (unpaired) electrons. The molecule has 0 aliphatic heterocycles. The van der Waals surface area contributed by atoms with E-state index in [1.165, 1.54) is 6.33 Å². The van der Waals surface area contributed by atoms with Crippen LogP contribution in [-0.4, -0.2) is 30.1 Å². The number of nitrogens with one attached hydrogen (secondary N) is 2. The summed E-state index contributed by atoms with van der Waals surface area (Å²) in [6.07, 6.45) is 2.72. The van der Waals surface area contributed by atoms with Crippen LogP contribution in [0.3, 0.4) is 0 Å². The quantitative estimate of drug-likeness (QED) is 0.630. The van der Waals surface area contributed by atoms with Gasteiger partial charge in [-0.05, 0) is 24.1 Å². The second-order valence-electron chi connectivity index (χ2n) is 4.29. The van der Waals surface area contributed by atoms with Crippen molar-refractivity contribution in [2.45, 2.75) is 24.3 Å². The van der Waals surface area contributed by atoms with E-state index in [9.17, 15) is 8.42 Å². The molecular formula is C12H17N5O2S. The van der Waals surface area contributed by atoms with Crippen LogP contribution in [0.2, 0.25) is 0 Å². The Kier molecular flexibility index (Phi) is 4.83. The van der Waals surface area contributed by atoms with Gasteiger partial charge in [0.05, 0.1) is 4.90 Å². The van der Waals surface area contributed by atoms with Gasteiger partial charge in [-0.15, -0.1) is 0 Å². The summed E-state index contributed by atoms with van der Waals surface area (Å²) >= 11 is 0. The number of hydrogen-bond donors (Lipinski definition) is 3. The first kappa shape index (κ1) is 14.6. The lowest BCUT2D eigenvalue weighted by molar-refractivity contribution is 0.578. The van der Waals surface area contributed by atoms with Crippen LogP contribution in [0.5, 0.6) is 0 Å². The van der Waals surface area contributed by atoms with Gasteiger partial charge in [0.15, 0.2) is 0 Å². The maximum atomic E-state index is 12.1. The molecule has 1 aromatic heterocycles. The highest BCUT2D eigenvalue weighted by Crippen LogP contribution is 2.11. The highest BCUT2D eigenvalue weighted by Gasteiger charge is 2.13. The molecule has 0 aliphatic carbocycles. The number of aromatic amines is 1. The zero-order valence-corrected chi connectivity index (χ0v) is 11.7. The van der Waals surface area contributed by atoms with Gasteiger partial charge in [0.25, 0.3) is 0 Å². The molecule has 1 heterocycles.